The van der Waals surface area contributed by atoms with E-state index in [2.05, 4.69) is 15.3 Å². The van der Waals surface area contributed by atoms with E-state index in [-0.39, 0.29) is 5.56 Å². The molecule has 2 rings (SSSR count). The molecule has 0 aliphatic rings. The molecule has 0 unspecified atom stereocenters. The zero-order chi connectivity index (χ0) is 15.2. The van der Waals surface area contributed by atoms with Crippen LogP contribution in [-0.4, -0.2) is 34.7 Å². The standard InChI is InChI=1S/C15H17N3O3/c1-10-13(14(19)20)9-17-15(18-10)16-8-7-11-3-5-12(21-2)6-4-11/h3-6,9H,7-8H2,1-2H3,(H,19,20)(H,16,17,18). The van der Waals surface area contributed by atoms with Crippen molar-refractivity contribution in [2.24, 2.45) is 0 Å². The largest absolute Gasteiger partial charge is 0.497 e. The Morgan fingerprint density at radius 2 is 2.05 bits per heavy atom. The summed E-state index contributed by atoms with van der Waals surface area (Å²) in [6, 6.07) is 7.83. The fourth-order valence-corrected chi connectivity index (χ4v) is 1.87. The summed E-state index contributed by atoms with van der Waals surface area (Å²) in [7, 11) is 1.64. The number of anilines is 1. The lowest BCUT2D eigenvalue weighted by Gasteiger charge is -2.07. The Balaban J connectivity index is 1.91. The number of aryl methyl sites for hydroxylation is 1. The van der Waals surface area contributed by atoms with Crippen LogP contribution < -0.4 is 10.1 Å². The first-order valence-electron chi connectivity index (χ1n) is 6.54. The number of carboxylic acid groups (broad SMARTS) is 1. The third-order valence-electron chi connectivity index (χ3n) is 3.07. The lowest BCUT2D eigenvalue weighted by molar-refractivity contribution is 0.0695. The van der Waals surface area contributed by atoms with E-state index in [4.69, 9.17) is 9.84 Å². The summed E-state index contributed by atoms with van der Waals surface area (Å²) in [6.45, 7) is 2.32. The SMILES string of the molecule is COc1ccc(CCNc2ncc(C(=O)O)c(C)n2)cc1. The smallest absolute Gasteiger partial charge is 0.339 e. The highest BCUT2D eigenvalue weighted by atomic mass is 16.5. The van der Waals surface area contributed by atoms with E-state index in [1.54, 1.807) is 14.0 Å². The van der Waals surface area contributed by atoms with Gasteiger partial charge in [0.2, 0.25) is 5.95 Å². The maximum atomic E-state index is 10.9. The number of nitrogens with one attached hydrogen (secondary N) is 1. The number of nitrogens with zero attached hydrogens (tertiary/aromatic N) is 2. The summed E-state index contributed by atoms with van der Waals surface area (Å²) in [6.07, 6.45) is 2.13. The van der Waals surface area contributed by atoms with Gasteiger partial charge in [-0.1, -0.05) is 12.1 Å². The van der Waals surface area contributed by atoms with Crippen LogP contribution in [0.1, 0.15) is 21.6 Å². The first kappa shape index (κ1) is 14.8. The van der Waals surface area contributed by atoms with Crippen LogP contribution in [0.4, 0.5) is 5.95 Å². The number of rotatable bonds is 6. The van der Waals surface area contributed by atoms with Crippen LogP contribution in [-0.2, 0) is 6.42 Å². The summed E-state index contributed by atoms with van der Waals surface area (Å²) in [5.74, 6) is 0.248. The van der Waals surface area contributed by atoms with Crippen molar-refractivity contribution in [3.8, 4) is 5.75 Å². The highest BCUT2D eigenvalue weighted by Crippen LogP contribution is 2.12. The second kappa shape index (κ2) is 6.69. The van der Waals surface area contributed by atoms with E-state index < -0.39 is 5.97 Å². The molecule has 0 atom stereocenters. The van der Waals surface area contributed by atoms with Gasteiger partial charge >= 0.3 is 5.97 Å². The Bertz CT molecular complexity index is 627. The predicted molar refractivity (Wildman–Crippen MR) is 78.9 cm³/mol. The van der Waals surface area contributed by atoms with Gasteiger partial charge < -0.3 is 15.2 Å². The molecule has 0 saturated carbocycles. The van der Waals surface area contributed by atoms with E-state index in [0.717, 1.165) is 12.2 Å². The minimum atomic E-state index is -1.02. The van der Waals surface area contributed by atoms with Crippen molar-refractivity contribution in [1.82, 2.24) is 9.97 Å². The number of benzene rings is 1. The van der Waals surface area contributed by atoms with Crippen molar-refractivity contribution in [2.45, 2.75) is 13.3 Å². The zero-order valence-electron chi connectivity index (χ0n) is 12.0. The Morgan fingerprint density at radius 3 is 2.62 bits per heavy atom. The van der Waals surface area contributed by atoms with Crippen LogP contribution in [0, 0.1) is 6.92 Å². The number of ether oxygens (including phenoxy) is 1. The number of methoxy groups -OCH3 is 1. The summed E-state index contributed by atoms with van der Waals surface area (Å²) < 4.78 is 5.10. The third-order valence-corrected chi connectivity index (χ3v) is 3.07. The molecule has 1 aromatic heterocycles. The third kappa shape index (κ3) is 3.92. The zero-order valence-corrected chi connectivity index (χ0v) is 12.0. The molecule has 2 aromatic rings. The number of aromatic nitrogens is 2. The molecular weight excluding hydrogens is 270 g/mol. The van der Waals surface area contributed by atoms with Gasteiger partial charge in [-0.25, -0.2) is 14.8 Å². The molecule has 0 amide bonds. The lowest BCUT2D eigenvalue weighted by atomic mass is 10.1. The molecule has 21 heavy (non-hydrogen) atoms. The van der Waals surface area contributed by atoms with Crippen LogP contribution in [0.15, 0.2) is 30.5 Å². The van der Waals surface area contributed by atoms with Crippen molar-refractivity contribution in [1.29, 1.82) is 0 Å². The van der Waals surface area contributed by atoms with Crippen molar-refractivity contribution in [3.63, 3.8) is 0 Å². The van der Waals surface area contributed by atoms with Crippen molar-refractivity contribution < 1.29 is 14.6 Å². The van der Waals surface area contributed by atoms with Gasteiger partial charge in [0.1, 0.15) is 5.75 Å². The molecular formula is C15H17N3O3. The van der Waals surface area contributed by atoms with E-state index >= 15 is 0 Å². The molecule has 6 nitrogen and oxygen atoms in total. The van der Waals surface area contributed by atoms with Gasteiger partial charge in [0, 0.05) is 12.7 Å². The predicted octanol–water partition coefficient (Wildman–Crippen LogP) is 2.15. The van der Waals surface area contributed by atoms with Crippen LogP contribution >= 0.6 is 0 Å². The van der Waals surface area contributed by atoms with Crippen LogP contribution in [0.25, 0.3) is 0 Å². The molecule has 0 spiro atoms. The van der Waals surface area contributed by atoms with Gasteiger partial charge in [-0.3, -0.25) is 0 Å². The van der Waals surface area contributed by atoms with Crippen LogP contribution in [0.2, 0.25) is 0 Å². The topological polar surface area (TPSA) is 84.3 Å². The van der Waals surface area contributed by atoms with Crippen LogP contribution in [0.3, 0.4) is 0 Å². The molecule has 0 aliphatic carbocycles. The minimum absolute atomic E-state index is 0.121. The minimum Gasteiger partial charge on any atom is -0.497 e. The fraction of sp³-hybridized carbons (Fsp3) is 0.267. The van der Waals surface area contributed by atoms with Crippen molar-refractivity contribution in [3.05, 3.63) is 47.3 Å². The molecule has 110 valence electrons. The van der Waals surface area contributed by atoms with Gasteiger partial charge in [-0.15, -0.1) is 0 Å². The summed E-state index contributed by atoms with van der Waals surface area (Å²) >= 11 is 0. The number of hydrogen-bond acceptors (Lipinski definition) is 5. The first-order valence-corrected chi connectivity index (χ1v) is 6.54. The van der Waals surface area contributed by atoms with Gasteiger partial charge in [0.15, 0.2) is 0 Å². The number of aromatic carboxylic acids is 1. The normalized spacial score (nSPS) is 10.2. The number of carbonyl (C=O) groups is 1. The van der Waals surface area contributed by atoms with Crippen molar-refractivity contribution >= 4 is 11.9 Å². The van der Waals surface area contributed by atoms with E-state index in [0.29, 0.717) is 18.2 Å². The molecule has 2 N–H and O–H groups in total. The Morgan fingerprint density at radius 1 is 1.33 bits per heavy atom. The summed E-state index contributed by atoms with van der Waals surface area (Å²) in [4.78, 5) is 19.0. The molecule has 1 heterocycles. The second-order valence-corrected chi connectivity index (χ2v) is 4.52. The average molecular weight is 287 g/mol. The number of hydrogen-bond donors (Lipinski definition) is 2. The van der Waals surface area contributed by atoms with Gasteiger partial charge in [0.05, 0.1) is 18.4 Å². The van der Waals surface area contributed by atoms with E-state index in [1.165, 1.54) is 11.8 Å². The van der Waals surface area contributed by atoms with Gasteiger partial charge in [0.25, 0.3) is 0 Å². The Hall–Kier alpha value is -2.63. The average Bonchev–Trinajstić information content (AvgIpc) is 2.47. The van der Waals surface area contributed by atoms with Gasteiger partial charge in [-0.05, 0) is 31.0 Å². The van der Waals surface area contributed by atoms with E-state index in [9.17, 15) is 4.79 Å². The maximum Gasteiger partial charge on any atom is 0.339 e. The molecule has 0 bridgehead atoms. The molecule has 0 aliphatic heterocycles. The summed E-state index contributed by atoms with van der Waals surface area (Å²) in [5, 5.41) is 12.0. The van der Waals surface area contributed by atoms with Gasteiger partial charge in [-0.2, -0.15) is 0 Å². The molecule has 6 heteroatoms. The molecule has 1 aromatic carbocycles. The first-order chi connectivity index (χ1) is 10.1. The monoisotopic (exact) mass is 287 g/mol. The highest BCUT2D eigenvalue weighted by Gasteiger charge is 2.09. The molecule has 0 saturated heterocycles. The van der Waals surface area contributed by atoms with Crippen LogP contribution in [0.5, 0.6) is 5.75 Å². The highest BCUT2D eigenvalue weighted by molar-refractivity contribution is 5.88. The Labute approximate surface area is 122 Å². The quantitative estimate of drug-likeness (QED) is 0.847. The van der Waals surface area contributed by atoms with Crippen molar-refractivity contribution in [2.75, 3.05) is 19.0 Å². The fourth-order valence-electron chi connectivity index (χ4n) is 1.87. The molecule has 0 radical (unpaired) electrons. The second-order valence-electron chi connectivity index (χ2n) is 4.52. The Kier molecular flexibility index (Phi) is 4.71. The van der Waals surface area contributed by atoms with E-state index in [1.807, 2.05) is 24.3 Å². The maximum absolute atomic E-state index is 10.9. The lowest BCUT2D eigenvalue weighted by Crippen LogP contribution is -2.11. The molecule has 0 fully saturated rings. The summed E-state index contributed by atoms with van der Waals surface area (Å²) in [5.41, 5.74) is 1.74. The number of carboxylic acids is 1.